The molecule has 2 unspecified atom stereocenters. The molecule has 4 heteroatoms. The molecule has 2 amide bonds. The maximum atomic E-state index is 12.4. The van der Waals surface area contributed by atoms with Gasteiger partial charge in [0.1, 0.15) is 11.6 Å². The standard InChI is InChI=1S/C13H24N2O2/c1-7-13(6)11(17)14-9(12(3,4)5)10(16)15(13)8-2/h9H,7-8H2,1-6H3,(H,14,17). The highest BCUT2D eigenvalue weighted by Crippen LogP contribution is 2.30. The molecule has 1 heterocycles. The Kier molecular flexibility index (Phi) is 3.55. The summed E-state index contributed by atoms with van der Waals surface area (Å²) in [6.07, 6.45) is 0.634. The SMILES string of the molecule is CCN1C(=O)C(C(C)(C)C)NC(=O)C1(C)CC. The van der Waals surface area contributed by atoms with E-state index in [1.807, 2.05) is 41.5 Å². The van der Waals surface area contributed by atoms with Gasteiger partial charge in [0.15, 0.2) is 0 Å². The molecule has 0 aliphatic carbocycles. The Bertz CT molecular complexity index is 333. The van der Waals surface area contributed by atoms with E-state index in [-0.39, 0.29) is 17.2 Å². The molecule has 1 saturated heterocycles. The predicted molar refractivity (Wildman–Crippen MR) is 67.5 cm³/mol. The second-order valence-electron chi connectivity index (χ2n) is 5.98. The van der Waals surface area contributed by atoms with E-state index in [0.29, 0.717) is 13.0 Å². The minimum atomic E-state index is -0.701. The molecule has 1 rings (SSSR count). The topological polar surface area (TPSA) is 49.4 Å². The van der Waals surface area contributed by atoms with Gasteiger partial charge in [0, 0.05) is 6.54 Å². The van der Waals surface area contributed by atoms with Gasteiger partial charge < -0.3 is 10.2 Å². The van der Waals surface area contributed by atoms with Crippen molar-refractivity contribution in [3.63, 3.8) is 0 Å². The molecule has 1 N–H and O–H groups in total. The number of carbonyl (C=O) groups is 2. The van der Waals surface area contributed by atoms with Crippen LogP contribution in [0.25, 0.3) is 0 Å². The Hall–Kier alpha value is -1.06. The molecule has 0 aromatic rings. The molecular formula is C13H24N2O2. The predicted octanol–water partition coefficient (Wildman–Crippen LogP) is 1.55. The molecule has 0 aromatic carbocycles. The summed E-state index contributed by atoms with van der Waals surface area (Å²) in [4.78, 5) is 26.4. The highest BCUT2D eigenvalue weighted by Gasteiger charge is 2.50. The minimum absolute atomic E-state index is 0.0314. The van der Waals surface area contributed by atoms with Crippen LogP contribution in [-0.2, 0) is 9.59 Å². The molecule has 17 heavy (non-hydrogen) atoms. The molecule has 1 aliphatic rings. The summed E-state index contributed by atoms with van der Waals surface area (Å²) < 4.78 is 0. The van der Waals surface area contributed by atoms with E-state index in [2.05, 4.69) is 5.32 Å². The lowest BCUT2D eigenvalue weighted by Crippen LogP contribution is -2.71. The van der Waals surface area contributed by atoms with E-state index in [9.17, 15) is 9.59 Å². The van der Waals surface area contributed by atoms with Gasteiger partial charge in [-0.2, -0.15) is 0 Å². The Labute approximate surface area is 104 Å². The quantitative estimate of drug-likeness (QED) is 0.796. The first kappa shape index (κ1) is 14.0. The maximum Gasteiger partial charge on any atom is 0.246 e. The number of nitrogens with one attached hydrogen (secondary N) is 1. The zero-order valence-electron chi connectivity index (χ0n) is 11.8. The van der Waals surface area contributed by atoms with Crippen LogP contribution in [0.15, 0.2) is 0 Å². The summed E-state index contributed by atoms with van der Waals surface area (Å²) in [6, 6.07) is -0.422. The number of amides is 2. The van der Waals surface area contributed by atoms with Crippen molar-refractivity contribution in [1.29, 1.82) is 0 Å². The van der Waals surface area contributed by atoms with Gasteiger partial charge in [0.2, 0.25) is 11.8 Å². The lowest BCUT2D eigenvalue weighted by atomic mass is 9.80. The third-order valence-electron chi connectivity index (χ3n) is 3.74. The Morgan fingerprint density at radius 3 is 2.18 bits per heavy atom. The van der Waals surface area contributed by atoms with Crippen LogP contribution < -0.4 is 5.32 Å². The first-order valence-corrected chi connectivity index (χ1v) is 6.31. The van der Waals surface area contributed by atoms with E-state index >= 15 is 0 Å². The fraction of sp³-hybridized carbons (Fsp3) is 0.846. The lowest BCUT2D eigenvalue weighted by Gasteiger charge is -2.48. The first-order valence-electron chi connectivity index (χ1n) is 6.31. The van der Waals surface area contributed by atoms with Crippen molar-refractivity contribution >= 4 is 11.8 Å². The summed E-state index contributed by atoms with van der Waals surface area (Å²) in [5, 5.41) is 2.88. The van der Waals surface area contributed by atoms with Crippen molar-refractivity contribution in [1.82, 2.24) is 10.2 Å². The van der Waals surface area contributed by atoms with Crippen molar-refractivity contribution in [2.75, 3.05) is 6.54 Å². The Morgan fingerprint density at radius 2 is 1.82 bits per heavy atom. The molecule has 2 atom stereocenters. The highest BCUT2D eigenvalue weighted by atomic mass is 16.2. The van der Waals surface area contributed by atoms with Crippen LogP contribution in [0, 0.1) is 5.41 Å². The van der Waals surface area contributed by atoms with Crippen LogP contribution >= 0.6 is 0 Å². The monoisotopic (exact) mass is 240 g/mol. The van der Waals surface area contributed by atoms with Crippen LogP contribution in [0.3, 0.4) is 0 Å². The third-order valence-corrected chi connectivity index (χ3v) is 3.74. The maximum absolute atomic E-state index is 12.4. The summed E-state index contributed by atoms with van der Waals surface area (Å²) in [5.41, 5.74) is -0.956. The zero-order valence-corrected chi connectivity index (χ0v) is 11.8. The van der Waals surface area contributed by atoms with E-state index in [1.54, 1.807) is 4.90 Å². The smallest absolute Gasteiger partial charge is 0.246 e. The fourth-order valence-electron chi connectivity index (χ4n) is 2.31. The van der Waals surface area contributed by atoms with Gasteiger partial charge in [0.05, 0.1) is 0 Å². The molecule has 0 spiro atoms. The summed E-state index contributed by atoms with van der Waals surface area (Å²) in [7, 11) is 0. The van der Waals surface area contributed by atoms with Crippen LogP contribution in [0.5, 0.6) is 0 Å². The van der Waals surface area contributed by atoms with Gasteiger partial charge in [-0.05, 0) is 25.7 Å². The van der Waals surface area contributed by atoms with Crippen LogP contribution in [0.1, 0.15) is 48.0 Å². The van der Waals surface area contributed by atoms with Crippen molar-refractivity contribution in [3.8, 4) is 0 Å². The van der Waals surface area contributed by atoms with Crippen molar-refractivity contribution < 1.29 is 9.59 Å². The zero-order chi connectivity index (χ0) is 13.4. The molecule has 0 bridgehead atoms. The minimum Gasteiger partial charge on any atom is -0.342 e. The van der Waals surface area contributed by atoms with Gasteiger partial charge in [0.25, 0.3) is 0 Å². The molecule has 4 nitrogen and oxygen atoms in total. The van der Waals surface area contributed by atoms with E-state index in [0.717, 1.165) is 0 Å². The summed E-state index contributed by atoms with van der Waals surface area (Å²) in [5.74, 6) is -0.00896. The number of likely N-dealkylation sites (N-methyl/N-ethyl adjacent to an activating group) is 1. The van der Waals surface area contributed by atoms with Crippen LogP contribution in [-0.4, -0.2) is 34.8 Å². The first-order chi connectivity index (χ1) is 7.68. The number of hydrogen-bond donors (Lipinski definition) is 1. The Morgan fingerprint density at radius 1 is 1.29 bits per heavy atom. The molecular weight excluding hydrogens is 216 g/mol. The van der Waals surface area contributed by atoms with Crippen molar-refractivity contribution in [2.24, 2.45) is 5.41 Å². The van der Waals surface area contributed by atoms with Gasteiger partial charge in [-0.3, -0.25) is 9.59 Å². The molecule has 1 fully saturated rings. The van der Waals surface area contributed by atoms with Gasteiger partial charge in [-0.1, -0.05) is 27.7 Å². The average Bonchev–Trinajstić information content (AvgIpc) is 2.22. The average molecular weight is 240 g/mol. The molecule has 0 saturated carbocycles. The third kappa shape index (κ3) is 2.17. The fourth-order valence-corrected chi connectivity index (χ4v) is 2.31. The molecule has 98 valence electrons. The van der Waals surface area contributed by atoms with E-state index in [4.69, 9.17) is 0 Å². The number of rotatable bonds is 2. The summed E-state index contributed by atoms with van der Waals surface area (Å²) >= 11 is 0. The highest BCUT2D eigenvalue weighted by molar-refractivity contribution is 5.99. The summed E-state index contributed by atoms with van der Waals surface area (Å²) in [6.45, 7) is 12.2. The second kappa shape index (κ2) is 4.31. The number of hydrogen-bond acceptors (Lipinski definition) is 2. The van der Waals surface area contributed by atoms with E-state index < -0.39 is 11.6 Å². The molecule has 0 aromatic heterocycles. The van der Waals surface area contributed by atoms with Crippen molar-refractivity contribution in [2.45, 2.75) is 59.5 Å². The molecule has 1 aliphatic heterocycles. The largest absolute Gasteiger partial charge is 0.342 e. The van der Waals surface area contributed by atoms with Crippen LogP contribution in [0.4, 0.5) is 0 Å². The number of piperazine rings is 1. The lowest BCUT2D eigenvalue weighted by molar-refractivity contribution is -0.159. The van der Waals surface area contributed by atoms with Crippen LogP contribution in [0.2, 0.25) is 0 Å². The van der Waals surface area contributed by atoms with Crippen molar-refractivity contribution in [3.05, 3.63) is 0 Å². The normalized spacial score (nSPS) is 30.5. The number of nitrogens with zero attached hydrogens (tertiary/aromatic N) is 1. The Balaban J connectivity index is 3.13. The van der Waals surface area contributed by atoms with E-state index in [1.165, 1.54) is 0 Å². The van der Waals surface area contributed by atoms with Gasteiger partial charge in [-0.15, -0.1) is 0 Å². The molecule has 0 radical (unpaired) electrons. The second-order valence-corrected chi connectivity index (χ2v) is 5.98. The van der Waals surface area contributed by atoms with Gasteiger partial charge in [-0.25, -0.2) is 0 Å². The number of carbonyl (C=O) groups excluding carboxylic acids is 2. The van der Waals surface area contributed by atoms with Gasteiger partial charge >= 0.3 is 0 Å².